The number of aliphatic carboxylic acids is 1. The maximum atomic E-state index is 10.2. The van der Waals surface area contributed by atoms with Crippen molar-refractivity contribution in [2.24, 2.45) is 5.73 Å². The summed E-state index contributed by atoms with van der Waals surface area (Å²) in [5, 5.41) is 8.34. The zero-order chi connectivity index (χ0) is 8.69. The topological polar surface area (TPSA) is 80.4 Å². The molecular formula is C7H13NO3. The largest absolute Gasteiger partial charge is 0.480 e. The van der Waals surface area contributed by atoms with Crippen molar-refractivity contribution >= 4 is 12.3 Å². The van der Waals surface area contributed by atoms with Crippen LogP contribution in [0.25, 0.3) is 0 Å². The fraction of sp³-hybridized carbons (Fsp3) is 0.714. The Labute approximate surface area is 65.4 Å². The second kappa shape index (κ2) is 5.85. The number of carboxylic acid groups (broad SMARTS) is 1. The molecule has 4 heteroatoms. The van der Waals surface area contributed by atoms with Crippen molar-refractivity contribution in [3.8, 4) is 0 Å². The number of nitrogens with two attached hydrogens (primary N) is 1. The van der Waals surface area contributed by atoms with E-state index in [1.165, 1.54) is 0 Å². The van der Waals surface area contributed by atoms with Crippen LogP contribution in [-0.4, -0.2) is 23.4 Å². The van der Waals surface area contributed by atoms with E-state index in [2.05, 4.69) is 0 Å². The zero-order valence-corrected chi connectivity index (χ0v) is 6.32. The lowest BCUT2D eigenvalue weighted by atomic mass is 10.1. The van der Waals surface area contributed by atoms with Crippen molar-refractivity contribution in [3.05, 3.63) is 0 Å². The van der Waals surface area contributed by atoms with E-state index < -0.39 is 12.0 Å². The lowest BCUT2D eigenvalue weighted by Gasteiger charge is -2.03. The third-order valence-corrected chi connectivity index (χ3v) is 1.40. The fourth-order valence-corrected chi connectivity index (χ4v) is 0.715. The van der Waals surface area contributed by atoms with Gasteiger partial charge in [0.25, 0.3) is 0 Å². The van der Waals surface area contributed by atoms with Crippen LogP contribution in [-0.2, 0) is 9.59 Å². The van der Waals surface area contributed by atoms with Gasteiger partial charge in [0, 0.05) is 6.42 Å². The van der Waals surface area contributed by atoms with Crippen LogP contribution in [0, 0.1) is 0 Å². The van der Waals surface area contributed by atoms with Gasteiger partial charge in [0.05, 0.1) is 0 Å². The van der Waals surface area contributed by atoms with Crippen LogP contribution in [0.3, 0.4) is 0 Å². The average Bonchev–Trinajstić information content (AvgIpc) is 1.97. The Morgan fingerprint density at radius 1 is 1.55 bits per heavy atom. The van der Waals surface area contributed by atoms with E-state index in [1.807, 2.05) is 0 Å². The highest BCUT2D eigenvalue weighted by atomic mass is 16.4. The molecule has 0 aliphatic heterocycles. The minimum Gasteiger partial charge on any atom is -0.480 e. The number of rotatable bonds is 6. The third-order valence-electron chi connectivity index (χ3n) is 1.40. The molecule has 4 nitrogen and oxygen atoms in total. The Balaban J connectivity index is 3.24. The third kappa shape index (κ3) is 5.54. The first-order valence-corrected chi connectivity index (χ1v) is 3.60. The first kappa shape index (κ1) is 10.1. The summed E-state index contributed by atoms with van der Waals surface area (Å²) in [5.41, 5.74) is 5.21. The van der Waals surface area contributed by atoms with Crippen molar-refractivity contribution < 1.29 is 14.7 Å². The molecule has 0 radical (unpaired) electrons. The lowest BCUT2D eigenvalue weighted by molar-refractivity contribution is -0.138. The summed E-state index contributed by atoms with van der Waals surface area (Å²) in [6.07, 6.45) is 3.19. The molecule has 0 fully saturated rings. The number of carbonyl (C=O) groups excluding carboxylic acids is 1. The highest BCUT2D eigenvalue weighted by Gasteiger charge is 2.09. The minimum atomic E-state index is -0.976. The Morgan fingerprint density at radius 2 is 2.18 bits per heavy atom. The van der Waals surface area contributed by atoms with Crippen molar-refractivity contribution in [2.45, 2.75) is 31.7 Å². The summed E-state index contributed by atoms with van der Waals surface area (Å²) in [6.45, 7) is 0. The monoisotopic (exact) mass is 159 g/mol. The molecule has 0 aromatic rings. The van der Waals surface area contributed by atoms with Crippen molar-refractivity contribution in [2.75, 3.05) is 0 Å². The molecule has 0 aromatic carbocycles. The van der Waals surface area contributed by atoms with E-state index >= 15 is 0 Å². The van der Waals surface area contributed by atoms with E-state index in [0.717, 1.165) is 12.7 Å². The van der Waals surface area contributed by atoms with Crippen LogP contribution in [0.5, 0.6) is 0 Å². The Hall–Kier alpha value is -0.900. The molecule has 0 saturated heterocycles. The summed E-state index contributed by atoms with van der Waals surface area (Å²) in [6, 6.07) is -0.776. The number of aldehydes is 1. The summed E-state index contributed by atoms with van der Waals surface area (Å²) < 4.78 is 0. The maximum absolute atomic E-state index is 10.2. The highest BCUT2D eigenvalue weighted by molar-refractivity contribution is 5.72. The van der Waals surface area contributed by atoms with Gasteiger partial charge in [-0.1, -0.05) is 6.42 Å². The Kier molecular flexibility index (Phi) is 5.37. The van der Waals surface area contributed by atoms with Crippen LogP contribution in [0.15, 0.2) is 0 Å². The predicted molar refractivity (Wildman–Crippen MR) is 40.1 cm³/mol. The van der Waals surface area contributed by atoms with Gasteiger partial charge in [0.2, 0.25) is 0 Å². The molecule has 1 unspecified atom stereocenters. The van der Waals surface area contributed by atoms with Crippen LogP contribution in [0.4, 0.5) is 0 Å². The number of hydrogen-bond donors (Lipinski definition) is 2. The second-order valence-electron chi connectivity index (χ2n) is 2.40. The fourth-order valence-electron chi connectivity index (χ4n) is 0.715. The molecule has 0 aromatic heterocycles. The average molecular weight is 159 g/mol. The molecule has 0 aliphatic rings. The summed E-state index contributed by atoms with van der Waals surface area (Å²) in [7, 11) is 0. The van der Waals surface area contributed by atoms with E-state index in [1.54, 1.807) is 0 Å². The van der Waals surface area contributed by atoms with Crippen molar-refractivity contribution in [1.29, 1.82) is 0 Å². The first-order valence-electron chi connectivity index (χ1n) is 3.60. The number of carbonyl (C=O) groups is 2. The summed E-state index contributed by atoms with van der Waals surface area (Å²) in [4.78, 5) is 20.0. The van der Waals surface area contributed by atoms with Gasteiger partial charge in [-0.05, 0) is 12.8 Å². The molecule has 11 heavy (non-hydrogen) atoms. The van der Waals surface area contributed by atoms with E-state index in [0.29, 0.717) is 19.3 Å². The summed E-state index contributed by atoms with van der Waals surface area (Å²) in [5.74, 6) is -0.976. The maximum Gasteiger partial charge on any atom is 0.320 e. The smallest absolute Gasteiger partial charge is 0.320 e. The first-order chi connectivity index (χ1) is 5.18. The van der Waals surface area contributed by atoms with Crippen LogP contribution in [0.1, 0.15) is 25.7 Å². The van der Waals surface area contributed by atoms with E-state index in [9.17, 15) is 9.59 Å². The van der Waals surface area contributed by atoms with Crippen LogP contribution in [0.2, 0.25) is 0 Å². The SMILES string of the molecule is NC(CCCCC=O)C(=O)O. The van der Waals surface area contributed by atoms with Gasteiger partial charge in [-0.2, -0.15) is 0 Å². The predicted octanol–water partition coefficient (Wildman–Crippen LogP) is 0.158. The normalized spacial score (nSPS) is 12.5. The molecule has 0 amide bonds. The highest BCUT2D eigenvalue weighted by Crippen LogP contribution is 2.00. The van der Waals surface area contributed by atoms with Gasteiger partial charge in [-0.3, -0.25) is 4.79 Å². The molecule has 64 valence electrons. The van der Waals surface area contributed by atoms with E-state index in [-0.39, 0.29) is 0 Å². The quantitative estimate of drug-likeness (QED) is 0.427. The van der Waals surface area contributed by atoms with Gasteiger partial charge in [0.15, 0.2) is 0 Å². The molecule has 0 bridgehead atoms. The molecular weight excluding hydrogens is 146 g/mol. The van der Waals surface area contributed by atoms with Gasteiger partial charge in [-0.25, -0.2) is 0 Å². The van der Waals surface area contributed by atoms with Gasteiger partial charge in [0.1, 0.15) is 12.3 Å². The summed E-state index contributed by atoms with van der Waals surface area (Å²) >= 11 is 0. The van der Waals surface area contributed by atoms with Crippen LogP contribution >= 0.6 is 0 Å². The minimum absolute atomic E-state index is 0.448. The van der Waals surface area contributed by atoms with E-state index in [4.69, 9.17) is 10.8 Å². The number of unbranched alkanes of at least 4 members (excludes halogenated alkanes) is 2. The zero-order valence-electron chi connectivity index (χ0n) is 6.32. The van der Waals surface area contributed by atoms with Crippen LogP contribution < -0.4 is 5.73 Å². The molecule has 1 atom stereocenters. The molecule has 0 heterocycles. The molecule has 0 saturated carbocycles. The van der Waals surface area contributed by atoms with Crippen molar-refractivity contribution in [3.63, 3.8) is 0 Å². The second-order valence-corrected chi connectivity index (χ2v) is 2.40. The molecule has 0 aliphatic carbocycles. The number of hydrogen-bond acceptors (Lipinski definition) is 3. The Morgan fingerprint density at radius 3 is 2.64 bits per heavy atom. The van der Waals surface area contributed by atoms with Gasteiger partial charge >= 0.3 is 5.97 Å². The van der Waals surface area contributed by atoms with Gasteiger partial charge < -0.3 is 15.6 Å². The Bertz CT molecular complexity index is 136. The standard InChI is InChI=1S/C7H13NO3/c8-6(7(10)11)4-2-1-3-5-9/h5-6H,1-4,8H2,(H,10,11). The lowest BCUT2D eigenvalue weighted by Crippen LogP contribution is -2.29. The molecule has 3 N–H and O–H groups in total. The molecule has 0 spiro atoms. The number of carboxylic acids is 1. The molecule has 0 rings (SSSR count). The van der Waals surface area contributed by atoms with Gasteiger partial charge in [-0.15, -0.1) is 0 Å². The van der Waals surface area contributed by atoms with Crippen molar-refractivity contribution in [1.82, 2.24) is 0 Å².